The molecule has 0 saturated heterocycles. The van der Waals surface area contributed by atoms with Crippen LogP contribution in [0.4, 0.5) is 5.82 Å². The summed E-state index contributed by atoms with van der Waals surface area (Å²) in [6.07, 6.45) is 0. The summed E-state index contributed by atoms with van der Waals surface area (Å²) in [7, 11) is 0. The lowest BCUT2D eigenvalue weighted by Crippen LogP contribution is -2.31. The van der Waals surface area contributed by atoms with Gasteiger partial charge in [0.25, 0.3) is 0 Å². The zero-order chi connectivity index (χ0) is 7.56. The van der Waals surface area contributed by atoms with Crippen LogP contribution in [0.5, 0.6) is 0 Å². The Morgan fingerprint density at radius 1 is 1.70 bits per heavy atom. The molecule has 5 nitrogen and oxygen atoms in total. The van der Waals surface area contributed by atoms with Crippen LogP contribution < -0.4 is 10.9 Å². The van der Waals surface area contributed by atoms with Crippen molar-refractivity contribution in [1.82, 2.24) is 15.4 Å². The topological polar surface area (TPSA) is 70.8 Å². The number of aromatic amines is 1. The minimum absolute atomic E-state index is 0.711. The fourth-order valence-corrected chi connectivity index (χ4v) is 0.695. The molecule has 0 atom stereocenters. The van der Waals surface area contributed by atoms with E-state index in [1.165, 1.54) is 0 Å². The Bertz CT molecular complexity index is 206. The van der Waals surface area contributed by atoms with Crippen molar-refractivity contribution in [3.8, 4) is 0 Å². The van der Waals surface area contributed by atoms with Gasteiger partial charge >= 0.3 is 0 Å². The molecule has 0 amide bonds. The number of hydrogen-bond donors (Lipinski definition) is 2. The van der Waals surface area contributed by atoms with Crippen LogP contribution in [-0.2, 0) is 0 Å². The van der Waals surface area contributed by atoms with Crippen LogP contribution in [0.2, 0.25) is 0 Å². The highest BCUT2D eigenvalue weighted by Crippen LogP contribution is 2.07. The monoisotopic (exact) mass is 141 g/mol. The summed E-state index contributed by atoms with van der Waals surface area (Å²) in [6, 6.07) is 0. The molecule has 3 N–H and O–H groups in total. The SMILES string of the molecule is CCN(N)c1nn[nH]c1C. The molecule has 0 saturated carbocycles. The number of nitrogens with one attached hydrogen (secondary N) is 1. The van der Waals surface area contributed by atoms with Gasteiger partial charge in [-0.3, -0.25) is 10.1 Å². The summed E-state index contributed by atoms with van der Waals surface area (Å²) in [4.78, 5) is 0. The number of anilines is 1. The number of nitrogens with two attached hydrogens (primary N) is 1. The van der Waals surface area contributed by atoms with E-state index in [1.807, 2.05) is 13.8 Å². The molecular weight excluding hydrogens is 130 g/mol. The molecular formula is C5H11N5. The highest BCUT2D eigenvalue weighted by atomic mass is 15.5. The van der Waals surface area contributed by atoms with Gasteiger partial charge in [0, 0.05) is 6.54 Å². The minimum atomic E-state index is 0.711. The van der Waals surface area contributed by atoms with E-state index in [4.69, 9.17) is 5.84 Å². The predicted octanol–water partition coefficient (Wildman–Crippen LogP) is -0.187. The second-order valence-corrected chi connectivity index (χ2v) is 2.05. The van der Waals surface area contributed by atoms with E-state index in [1.54, 1.807) is 5.01 Å². The van der Waals surface area contributed by atoms with E-state index < -0.39 is 0 Å². The van der Waals surface area contributed by atoms with Crippen LogP contribution in [-0.4, -0.2) is 22.0 Å². The summed E-state index contributed by atoms with van der Waals surface area (Å²) >= 11 is 0. The summed E-state index contributed by atoms with van der Waals surface area (Å²) in [5.41, 5.74) is 0.893. The van der Waals surface area contributed by atoms with Gasteiger partial charge in [0.2, 0.25) is 0 Å². The summed E-state index contributed by atoms with van der Waals surface area (Å²) < 4.78 is 0. The molecule has 1 rings (SSSR count). The van der Waals surface area contributed by atoms with Crippen LogP contribution in [0.1, 0.15) is 12.6 Å². The fourth-order valence-electron chi connectivity index (χ4n) is 0.695. The van der Waals surface area contributed by atoms with Gasteiger partial charge in [-0.25, -0.2) is 5.84 Å². The van der Waals surface area contributed by atoms with Gasteiger partial charge in [0.15, 0.2) is 5.82 Å². The quantitative estimate of drug-likeness (QED) is 0.442. The maximum Gasteiger partial charge on any atom is 0.187 e. The van der Waals surface area contributed by atoms with Crippen molar-refractivity contribution in [3.63, 3.8) is 0 Å². The van der Waals surface area contributed by atoms with Crippen LogP contribution in [0, 0.1) is 6.92 Å². The summed E-state index contributed by atoms with van der Waals surface area (Å²) in [5, 5.41) is 11.6. The average Bonchev–Trinajstić information content (AvgIpc) is 2.34. The summed E-state index contributed by atoms with van der Waals surface area (Å²) in [5.74, 6) is 6.26. The first-order valence-electron chi connectivity index (χ1n) is 3.15. The standard InChI is InChI=1S/C5H11N5/c1-3-10(6)5-4(2)7-9-8-5/h3,6H2,1-2H3,(H,7,8,9). The highest BCUT2D eigenvalue weighted by molar-refractivity contribution is 5.38. The first-order chi connectivity index (χ1) is 4.75. The Labute approximate surface area is 59.2 Å². The van der Waals surface area contributed by atoms with E-state index in [2.05, 4.69) is 15.4 Å². The van der Waals surface area contributed by atoms with Gasteiger partial charge in [-0.15, -0.1) is 5.10 Å². The Morgan fingerprint density at radius 3 is 2.80 bits per heavy atom. The van der Waals surface area contributed by atoms with Crippen molar-refractivity contribution in [2.24, 2.45) is 5.84 Å². The third-order valence-corrected chi connectivity index (χ3v) is 1.31. The molecule has 0 fully saturated rings. The molecule has 0 aliphatic rings. The third-order valence-electron chi connectivity index (χ3n) is 1.31. The average molecular weight is 141 g/mol. The molecule has 1 aromatic heterocycles. The molecule has 0 bridgehead atoms. The van der Waals surface area contributed by atoms with Gasteiger partial charge in [-0.05, 0) is 13.8 Å². The maximum atomic E-state index is 5.55. The highest BCUT2D eigenvalue weighted by Gasteiger charge is 2.05. The first-order valence-corrected chi connectivity index (χ1v) is 3.15. The van der Waals surface area contributed by atoms with Crippen molar-refractivity contribution in [3.05, 3.63) is 5.69 Å². The number of nitrogens with zero attached hydrogens (tertiary/aromatic N) is 3. The normalized spacial score (nSPS) is 9.90. The second kappa shape index (κ2) is 2.66. The van der Waals surface area contributed by atoms with Gasteiger partial charge < -0.3 is 0 Å². The number of rotatable bonds is 2. The number of H-pyrrole nitrogens is 1. The molecule has 0 aliphatic heterocycles. The largest absolute Gasteiger partial charge is 0.292 e. The first kappa shape index (κ1) is 7.01. The lowest BCUT2D eigenvalue weighted by Gasteiger charge is -2.11. The van der Waals surface area contributed by atoms with Crippen molar-refractivity contribution >= 4 is 5.82 Å². The predicted molar refractivity (Wildman–Crippen MR) is 38.3 cm³/mol. The van der Waals surface area contributed by atoms with Crippen molar-refractivity contribution in [2.75, 3.05) is 11.6 Å². The lowest BCUT2D eigenvalue weighted by atomic mass is 10.5. The molecule has 0 aliphatic carbocycles. The van der Waals surface area contributed by atoms with E-state index in [0.29, 0.717) is 5.82 Å². The number of hydrogen-bond acceptors (Lipinski definition) is 4. The number of aromatic nitrogens is 3. The van der Waals surface area contributed by atoms with Gasteiger partial charge in [-0.1, -0.05) is 5.21 Å². The lowest BCUT2D eigenvalue weighted by molar-refractivity contribution is 0.850. The maximum absolute atomic E-state index is 5.55. The fraction of sp³-hybridized carbons (Fsp3) is 0.600. The molecule has 5 heteroatoms. The molecule has 0 spiro atoms. The van der Waals surface area contributed by atoms with E-state index in [-0.39, 0.29) is 0 Å². The van der Waals surface area contributed by atoms with E-state index in [0.717, 1.165) is 12.2 Å². The van der Waals surface area contributed by atoms with Crippen molar-refractivity contribution < 1.29 is 0 Å². The number of aryl methyl sites for hydroxylation is 1. The van der Waals surface area contributed by atoms with Gasteiger partial charge in [-0.2, -0.15) is 0 Å². The van der Waals surface area contributed by atoms with Crippen LogP contribution in [0.15, 0.2) is 0 Å². The van der Waals surface area contributed by atoms with Crippen molar-refractivity contribution in [2.45, 2.75) is 13.8 Å². The van der Waals surface area contributed by atoms with Gasteiger partial charge in [0.05, 0.1) is 5.69 Å². The zero-order valence-corrected chi connectivity index (χ0v) is 6.13. The Morgan fingerprint density at radius 2 is 2.40 bits per heavy atom. The Hall–Kier alpha value is -1.10. The van der Waals surface area contributed by atoms with Crippen LogP contribution in [0.3, 0.4) is 0 Å². The Balaban J connectivity index is 2.82. The third kappa shape index (κ3) is 1.08. The minimum Gasteiger partial charge on any atom is -0.292 e. The smallest absolute Gasteiger partial charge is 0.187 e. The molecule has 0 radical (unpaired) electrons. The van der Waals surface area contributed by atoms with Crippen LogP contribution >= 0.6 is 0 Å². The molecule has 56 valence electrons. The molecule has 1 heterocycles. The van der Waals surface area contributed by atoms with Crippen LogP contribution in [0.25, 0.3) is 0 Å². The zero-order valence-electron chi connectivity index (χ0n) is 6.13. The molecule has 0 aromatic carbocycles. The van der Waals surface area contributed by atoms with E-state index >= 15 is 0 Å². The molecule has 10 heavy (non-hydrogen) atoms. The molecule has 1 aromatic rings. The number of hydrazine groups is 1. The van der Waals surface area contributed by atoms with E-state index in [9.17, 15) is 0 Å². The molecule has 0 unspecified atom stereocenters. The van der Waals surface area contributed by atoms with Gasteiger partial charge in [0.1, 0.15) is 0 Å². The van der Waals surface area contributed by atoms with Crippen molar-refractivity contribution in [1.29, 1.82) is 0 Å². The summed E-state index contributed by atoms with van der Waals surface area (Å²) in [6.45, 7) is 4.56. The Kier molecular flexibility index (Phi) is 1.86. The second-order valence-electron chi connectivity index (χ2n) is 2.05.